The van der Waals surface area contributed by atoms with Gasteiger partial charge in [-0.1, -0.05) is 0 Å². The first-order valence-electron chi connectivity index (χ1n) is 9.85. The van der Waals surface area contributed by atoms with Gasteiger partial charge in [-0.15, -0.1) is 10.2 Å². The summed E-state index contributed by atoms with van der Waals surface area (Å²) >= 11 is 0. The van der Waals surface area contributed by atoms with Gasteiger partial charge in [0.15, 0.2) is 5.82 Å². The lowest BCUT2D eigenvalue weighted by atomic mass is 10.0. The molecule has 1 aliphatic heterocycles. The molecule has 0 saturated carbocycles. The lowest BCUT2D eigenvalue weighted by Crippen LogP contribution is -2.36. The Morgan fingerprint density at radius 1 is 1.14 bits per heavy atom. The third-order valence-corrected chi connectivity index (χ3v) is 5.23. The fourth-order valence-electron chi connectivity index (χ4n) is 3.63. The summed E-state index contributed by atoms with van der Waals surface area (Å²) in [7, 11) is 0. The second-order valence-electron chi connectivity index (χ2n) is 7.47. The first kappa shape index (κ1) is 19.3. The number of nitrogens with zero attached hydrogens (tertiary/aromatic N) is 5. The molecule has 3 heterocycles. The third-order valence-electron chi connectivity index (χ3n) is 5.23. The number of rotatable bonds is 5. The van der Waals surface area contributed by atoms with Crippen molar-refractivity contribution in [3.05, 3.63) is 59.7 Å². The summed E-state index contributed by atoms with van der Waals surface area (Å²) in [4.78, 5) is 2.20. The molecular weight excluding hydrogens is 371 g/mol. The standard InChI is InChI=1S/C21H25FN6O/c1-14-7-12-28(26-14)21-6-5-20(24-25-21)23-15(2)18-13-16(22)3-4-19(18)27-10-8-17(29)9-11-27/h3-7,12-13,15,17,29H,8-11H2,1-2H3,(H,23,24). The van der Waals surface area contributed by atoms with Crippen molar-refractivity contribution in [2.75, 3.05) is 23.3 Å². The summed E-state index contributed by atoms with van der Waals surface area (Å²) in [5, 5.41) is 25.9. The number of benzene rings is 1. The second-order valence-corrected chi connectivity index (χ2v) is 7.47. The van der Waals surface area contributed by atoms with Gasteiger partial charge in [0.25, 0.3) is 0 Å². The van der Waals surface area contributed by atoms with Crippen molar-refractivity contribution in [3.8, 4) is 5.82 Å². The monoisotopic (exact) mass is 396 g/mol. The number of halogens is 1. The number of aliphatic hydroxyl groups is 1. The average molecular weight is 396 g/mol. The zero-order chi connectivity index (χ0) is 20.4. The molecule has 3 aromatic rings. The second kappa shape index (κ2) is 8.16. The molecule has 4 rings (SSSR count). The average Bonchev–Trinajstić information content (AvgIpc) is 3.15. The summed E-state index contributed by atoms with van der Waals surface area (Å²) < 4.78 is 15.7. The molecule has 8 heteroatoms. The van der Waals surface area contributed by atoms with Crippen LogP contribution in [-0.2, 0) is 0 Å². The van der Waals surface area contributed by atoms with Gasteiger partial charge in [0, 0.05) is 30.5 Å². The maximum absolute atomic E-state index is 14.0. The molecule has 2 aromatic heterocycles. The van der Waals surface area contributed by atoms with Crippen molar-refractivity contribution in [1.82, 2.24) is 20.0 Å². The molecule has 1 atom stereocenters. The maximum atomic E-state index is 14.0. The van der Waals surface area contributed by atoms with Gasteiger partial charge in [0.2, 0.25) is 0 Å². The number of hydrogen-bond acceptors (Lipinski definition) is 6. The maximum Gasteiger partial charge on any atom is 0.175 e. The molecule has 1 fully saturated rings. The topological polar surface area (TPSA) is 79.1 Å². The zero-order valence-electron chi connectivity index (χ0n) is 16.6. The van der Waals surface area contributed by atoms with E-state index in [1.165, 1.54) is 6.07 Å². The Morgan fingerprint density at radius 2 is 1.93 bits per heavy atom. The molecular formula is C21H25FN6O. The summed E-state index contributed by atoms with van der Waals surface area (Å²) in [6.45, 7) is 5.40. The number of piperidine rings is 1. The number of aliphatic hydroxyl groups excluding tert-OH is 1. The van der Waals surface area contributed by atoms with E-state index >= 15 is 0 Å². The largest absolute Gasteiger partial charge is 0.393 e. The minimum absolute atomic E-state index is 0.167. The summed E-state index contributed by atoms with van der Waals surface area (Å²) in [5.41, 5.74) is 2.75. The highest BCUT2D eigenvalue weighted by Gasteiger charge is 2.22. The number of nitrogens with one attached hydrogen (secondary N) is 1. The van der Waals surface area contributed by atoms with E-state index in [1.54, 1.807) is 10.7 Å². The minimum Gasteiger partial charge on any atom is -0.393 e. The van der Waals surface area contributed by atoms with E-state index in [9.17, 15) is 9.50 Å². The molecule has 0 spiro atoms. The van der Waals surface area contributed by atoms with E-state index < -0.39 is 0 Å². The Kier molecular flexibility index (Phi) is 5.44. The zero-order valence-corrected chi connectivity index (χ0v) is 16.6. The predicted molar refractivity (Wildman–Crippen MR) is 110 cm³/mol. The van der Waals surface area contributed by atoms with Gasteiger partial charge in [0.05, 0.1) is 17.8 Å². The first-order chi connectivity index (χ1) is 14.0. The Hall–Kier alpha value is -3.00. The van der Waals surface area contributed by atoms with Crippen molar-refractivity contribution >= 4 is 11.5 Å². The van der Waals surface area contributed by atoms with Gasteiger partial charge in [0.1, 0.15) is 11.6 Å². The minimum atomic E-state index is -0.273. The van der Waals surface area contributed by atoms with Crippen LogP contribution >= 0.6 is 0 Å². The Balaban J connectivity index is 1.52. The van der Waals surface area contributed by atoms with Gasteiger partial charge in [-0.05, 0) is 63.1 Å². The van der Waals surface area contributed by atoms with Crippen molar-refractivity contribution in [2.24, 2.45) is 0 Å². The molecule has 29 heavy (non-hydrogen) atoms. The normalized spacial score (nSPS) is 16.1. The van der Waals surface area contributed by atoms with Crippen LogP contribution in [0.2, 0.25) is 0 Å². The van der Waals surface area contributed by atoms with Crippen LogP contribution in [0.15, 0.2) is 42.6 Å². The van der Waals surface area contributed by atoms with Gasteiger partial charge in [-0.25, -0.2) is 9.07 Å². The summed E-state index contributed by atoms with van der Waals surface area (Å²) in [5.74, 6) is 0.967. The van der Waals surface area contributed by atoms with Crippen LogP contribution in [0.25, 0.3) is 5.82 Å². The molecule has 0 bridgehead atoms. The number of aromatic nitrogens is 4. The highest BCUT2D eigenvalue weighted by molar-refractivity contribution is 5.57. The van der Waals surface area contributed by atoms with Crippen LogP contribution in [0.3, 0.4) is 0 Å². The third kappa shape index (κ3) is 4.37. The van der Waals surface area contributed by atoms with Gasteiger partial charge in [-0.2, -0.15) is 5.10 Å². The quantitative estimate of drug-likeness (QED) is 0.689. The van der Waals surface area contributed by atoms with Crippen molar-refractivity contribution in [3.63, 3.8) is 0 Å². The van der Waals surface area contributed by atoms with Crippen LogP contribution in [-0.4, -0.2) is 44.3 Å². The van der Waals surface area contributed by atoms with Crippen LogP contribution < -0.4 is 10.2 Å². The predicted octanol–water partition coefficient (Wildman–Crippen LogP) is 3.24. The molecule has 1 unspecified atom stereocenters. The number of aryl methyl sites for hydroxylation is 1. The van der Waals surface area contributed by atoms with E-state index in [4.69, 9.17) is 0 Å². The molecule has 7 nitrogen and oxygen atoms in total. The Morgan fingerprint density at radius 3 is 2.59 bits per heavy atom. The van der Waals surface area contributed by atoms with Crippen LogP contribution in [0.5, 0.6) is 0 Å². The molecule has 1 aromatic carbocycles. The molecule has 1 saturated heterocycles. The Labute approximate surface area is 169 Å². The van der Waals surface area contributed by atoms with Crippen molar-refractivity contribution in [1.29, 1.82) is 0 Å². The van der Waals surface area contributed by atoms with E-state index in [0.717, 1.165) is 42.9 Å². The number of anilines is 2. The first-order valence-corrected chi connectivity index (χ1v) is 9.85. The van der Waals surface area contributed by atoms with E-state index in [1.807, 2.05) is 44.3 Å². The summed E-state index contributed by atoms with van der Waals surface area (Å²) in [6, 6.07) is 10.3. The molecule has 0 aliphatic carbocycles. The number of hydrogen-bond donors (Lipinski definition) is 2. The fourth-order valence-corrected chi connectivity index (χ4v) is 3.63. The van der Waals surface area contributed by atoms with Gasteiger partial charge < -0.3 is 15.3 Å². The molecule has 2 N–H and O–H groups in total. The van der Waals surface area contributed by atoms with Crippen molar-refractivity contribution < 1.29 is 9.50 Å². The lowest BCUT2D eigenvalue weighted by Gasteiger charge is -2.34. The van der Waals surface area contributed by atoms with Gasteiger partial charge >= 0.3 is 0 Å². The molecule has 0 radical (unpaired) electrons. The molecule has 0 amide bonds. The van der Waals surface area contributed by atoms with E-state index in [-0.39, 0.29) is 18.0 Å². The molecule has 1 aliphatic rings. The highest BCUT2D eigenvalue weighted by Crippen LogP contribution is 2.31. The Bertz CT molecular complexity index is 966. The SMILES string of the molecule is Cc1ccn(-c2ccc(NC(C)c3cc(F)ccc3N3CCC(O)CC3)nn2)n1. The van der Waals surface area contributed by atoms with E-state index in [0.29, 0.717) is 11.6 Å². The van der Waals surface area contributed by atoms with Crippen LogP contribution in [0, 0.1) is 12.7 Å². The molecule has 152 valence electrons. The highest BCUT2D eigenvalue weighted by atomic mass is 19.1. The smallest absolute Gasteiger partial charge is 0.175 e. The summed E-state index contributed by atoms with van der Waals surface area (Å²) in [6.07, 6.45) is 3.03. The van der Waals surface area contributed by atoms with Gasteiger partial charge in [-0.3, -0.25) is 0 Å². The van der Waals surface area contributed by atoms with Crippen LogP contribution in [0.1, 0.15) is 37.1 Å². The van der Waals surface area contributed by atoms with Crippen molar-refractivity contribution in [2.45, 2.75) is 38.8 Å². The van der Waals surface area contributed by atoms with E-state index in [2.05, 4.69) is 25.5 Å². The lowest BCUT2D eigenvalue weighted by molar-refractivity contribution is 0.145. The van der Waals surface area contributed by atoms with Crippen LogP contribution in [0.4, 0.5) is 15.9 Å². The fraction of sp³-hybridized carbons (Fsp3) is 0.381.